The molecule has 1 aliphatic carbocycles. The van der Waals surface area contributed by atoms with Gasteiger partial charge in [0.2, 0.25) is 0 Å². The third-order valence-corrected chi connectivity index (χ3v) is 16.5. The molecule has 0 radical (unpaired) electrons. The molecular formula is C69H43NOS. The van der Waals surface area contributed by atoms with Crippen LogP contribution in [0.2, 0.25) is 0 Å². The summed E-state index contributed by atoms with van der Waals surface area (Å²) >= 11 is 1.86. The molecule has 12 aromatic carbocycles. The normalized spacial score (nSPS) is 12.9. The molecule has 336 valence electrons. The lowest BCUT2D eigenvalue weighted by Gasteiger charge is -2.40. The van der Waals surface area contributed by atoms with Crippen LogP contribution in [-0.4, -0.2) is 0 Å². The number of rotatable bonds is 6. The molecule has 0 atom stereocenters. The second-order valence-electron chi connectivity index (χ2n) is 19.1. The van der Waals surface area contributed by atoms with E-state index in [1.165, 1.54) is 97.7 Å². The first-order chi connectivity index (χ1) is 35.7. The van der Waals surface area contributed by atoms with Gasteiger partial charge in [-0.2, -0.15) is 0 Å². The van der Waals surface area contributed by atoms with E-state index in [9.17, 15) is 0 Å². The van der Waals surface area contributed by atoms with Crippen LogP contribution in [0.25, 0.3) is 86.2 Å². The summed E-state index contributed by atoms with van der Waals surface area (Å²) in [6.45, 7) is 0. The Hall–Kier alpha value is -9.02. The van der Waals surface area contributed by atoms with Gasteiger partial charge in [0, 0.05) is 53.3 Å². The standard InChI is InChI=1S/C69H43NOS/c1-3-16-44(17-4-1)45-30-36-51(37-31-45)70(62-27-14-12-22-52(62)46-18-5-2-6-19-46)63-28-15-29-65-66(63)57-43-50(35-41-64(57)72-65)49-34-38-59-56(42-49)55-25-11-13-26-58(55)69(59)60-39-32-47-20-7-9-23-53(47)67(60)71-68-54-24-10-8-21-48(54)33-40-61(68)69/h1-43H. The van der Waals surface area contributed by atoms with Crippen molar-refractivity contribution in [2.45, 2.75) is 5.41 Å². The van der Waals surface area contributed by atoms with Gasteiger partial charge in [0.15, 0.2) is 0 Å². The maximum Gasteiger partial charge on any atom is 0.140 e. The summed E-state index contributed by atoms with van der Waals surface area (Å²) in [4.78, 5) is 2.47. The third kappa shape index (κ3) is 6.01. The van der Waals surface area contributed by atoms with Crippen LogP contribution in [0.5, 0.6) is 11.5 Å². The van der Waals surface area contributed by atoms with Gasteiger partial charge >= 0.3 is 0 Å². The predicted molar refractivity (Wildman–Crippen MR) is 303 cm³/mol. The fraction of sp³-hybridized carbons (Fsp3) is 0.0145. The van der Waals surface area contributed by atoms with Gasteiger partial charge in [0.25, 0.3) is 0 Å². The lowest BCUT2D eigenvalue weighted by atomic mass is 9.65. The zero-order valence-electron chi connectivity index (χ0n) is 39.1. The highest BCUT2D eigenvalue weighted by Crippen LogP contribution is 2.64. The topological polar surface area (TPSA) is 12.5 Å². The van der Waals surface area contributed by atoms with Gasteiger partial charge in [-0.15, -0.1) is 11.3 Å². The zero-order valence-corrected chi connectivity index (χ0v) is 39.9. The minimum Gasteiger partial charge on any atom is -0.455 e. The first kappa shape index (κ1) is 40.8. The van der Waals surface area contributed by atoms with E-state index in [0.29, 0.717) is 0 Å². The Morgan fingerprint density at radius 2 is 0.861 bits per heavy atom. The van der Waals surface area contributed by atoms with Crippen molar-refractivity contribution in [1.82, 2.24) is 0 Å². The van der Waals surface area contributed by atoms with Crippen LogP contribution >= 0.6 is 11.3 Å². The van der Waals surface area contributed by atoms with E-state index in [-0.39, 0.29) is 0 Å². The second kappa shape index (κ2) is 16.0. The number of para-hydroxylation sites is 1. The van der Waals surface area contributed by atoms with Gasteiger partial charge in [-0.3, -0.25) is 0 Å². The Labute approximate surface area is 421 Å². The molecule has 15 rings (SSSR count). The van der Waals surface area contributed by atoms with Crippen molar-refractivity contribution in [3.63, 3.8) is 0 Å². The number of ether oxygens (including phenoxy) is 1. The van der Waals surface area contributed by atoms with Gasteiger partial charge in [0.1, 0.15) is 11.5 Å². The molecule has 72 heavy (non-hydrogen) atoms. The molecule has 0 saturated heterocycles. The van der Waals surface area contributed by atoms with Crippen LogP contribution in [0.3, 0.4) is 0 Å². The summed E-state index contributed by atoms with van der Waals surface area (Å²) in [6.07, 6.45) is 0. The minimum absolute atomic E-state index is 0.595. The van der Waals surface area contributed by atoms with Crippen molar-refractivity contribution >= 4 is 70.1 Å². The van der Waals surface area contributed by atoms with Crippen molar-refractivity contribution in [3.8, 4) is 56.0 Å². The van der Waals surface area contributed by atoms with Gasteiger partial charge < -0.3 is 9.64 Å². The van der Waals surface area contributed by atoms with Gasteiger partial charge in [-0.1, -0.05) is 212 Å². The van der Waals surface area contributed by atoms with Gasteiger partial charge in [-0.05, 0) is 109 Å². The molecule has 13 aromatic rings. The van der Waals surface area contributed by atoms with Crippen molar-refractivity contribution in [2.75, 3.05) is 4.90 Å². The minimum atomic E-state index is -0.595. The maximum absolute atomic E-state index is 7.22. The van der Waals surface area contributed by atoms with Gasteiger partial charge in [0.05, 0.1) is 16.8 Å². The lowest BCUT2D eigenvalue weighted by Crippen LogP contribution is -2.32. The number of anilines is 3. The van der Waals surface area contributed by atoms with Crippen molar-refractivity contribution in [2.24, 2.45) is 0 Å². The van der Waals surface area contributed by atoms with Gasteiger partial charge in [-0.25, -0.2) is 0 Å². The average Bonchev–Trinajstić information content (AvgIpc) is 3.97. The molecule has 0 unspecified atom stereocenters. The summed E-state index contributed by atoms with van der Waals surface area (Å²) in [5, 5.41) is 7.07. The van der Waals surface area contributed by atoms with E-state index < -0.39 is 5.41 Å². The van der Waals surface area contributed by atoms with E-state index >= 15 is 0 Å². The van der Waals surface area contributed by atoms with Crippen LogP contribution < -0.4 is 9.64 Å². The molecule has 0 amide bonds. The van der Waals surface area contributed by atoms with Crippen LogP contribution in [0.15, 0.2) is 261 Å². The average molecular weight is 934 g/mol. The molecule has 0 saturated carbocycles. The smallest absolute Gasteiger partial charge is 0.140 e. The molecule has 0 bridgehead atoms. The van der Waals surface area contributed by atoms with Crippen LogP contribution in [0, 0.1) is 0 Å². The summed E-state index contributed by atoms with van der Waals surface area (Å²) in [5.74, 6) is 1.86. The summed E-state index contributed by atoms with van der Waals surface area (Å²) in [6, 6.07) is 95.9. The van der Waals surface area contributed by atoms with E-state index in [4.69, 9.17) is 4.74 Å². The Bertz CT molecular complexity index is 4220. The molecule has 2 aliphatic rings. The van der Waals surface area contributed by atoms with E-state index in [1.807, 2.05) is 11.3 Å². The number of hydrogen-bond donors (Lipinski definition) is 0. The molecule has 3 heteroatoms. The molecule has 0 N–H and O–H groups in total. The number of benzene rings is 12. The highest BCUT2D eigenvalue weighted by atomic mass is 32.1. The van der Waals surface area contributed by atoms with Crippen LogP contribution in [0.4, 0.5) is 17.1 Å². The molecule has 2 nitrogen and oxygen atoms in total. The largest absolute Gasteiger partial charge is 0.455 e. The first-order valence-corrected chi connectivity index (χ1v) is 25.5. The molecular weight excluding hydrogens is 891 g/mol. The predicted octanol–water partition coefficient (Wildman–Crippen LogP) is 19.3. The van der Waals surface area contributed by atoms with Crippen LogP contribution in [-0.2, 0) is 5.41 Å². The molecule has 1 aliphatic heterocycles. The number of hydrogen-bond acceptors (Lipinski definition) is 3. The van der Waals surface area contributed by atoms with E-state index in [0.717, 1.165) is 39.3 Å². The summed E-state index contributed by atoms with van der Waals surface area (Å²) in [5.41, 5.74) is 17.3. The first-order valence-electron chi connectivity index (χ1n) is 24.7. The fourth-order valence-electron chi connectivity index (χ4n) is 12.1. The number of nitrogens with zero attached hydrogens (tertiary/aromatic N) is 1. The maximum atomic E-state index is 7.22. The lowest BCUT2D eigenvalue weighted by molar-refractivity contribution is 0.447. The molecule has 1 spiro atoms. The number of thiophene rings is 1. The number of fused-ring (bicyclic) bond motifs is 16. The van der Waals surface area contributed by atoms with Crippen molar-refractivity contribution in [3.05, 3.63) is 283 Å². The van der Waals surface area contributed by atoms with Crippen molar-refractivity contribution in [1.29, 1.82) is 0 Å². The monoisotopic (exact) mass is 933 g/mol. The highest BCUT2D eigenvalue weighted by Gasteiger charge is 2.51. The summed E-state index contributed by atoms with van der Waals surface area (Å²) in [7, 11) is 0. The SMILES string of the molecule is c1ccc(-c2ccc(N(c3ccccc3-c3ccccc3)c3cccc4sc5ccc(-c6ccc7c(c6)-c6ccccc6C76c7ccc8ccccc8c7Oc7c6ccc6ccccc76)cc5c34)cc2)cc1. The highest BCUT2D eigenvalue weighted by molar-refractivity contribution is 7.26. The zero-order chi connectivity index (χ0) is 47.3. The Morgan fingerprint density at radius 1 is 0.319 bits per heavy atom. The molecule has 2 heterocycles. The van der Waals surface area contributed by atoms with Crippen LogP contribution in [0.1, 0.15) is 22.3 Å². The Morgan fingerprint density at radius 3 is 1.60 bits per heavy atom. The quantitative estimate of drug-likeness (QED) is 0.165. The molecule has 1 aromatic heterocycles. The third-order valence-electron chi connectivity index (χ3n) is 15.3. The second-order valence-corrected chi connectivity index (χ2v) is 20.2. The molecule has 0 fully saturated rings. The fourth-order valence-corrected chi connectivity index (χ4v) is 13.2. The Kier molecular flexibility index (Phi) is 9.08. The summed E-state index contributed by atoms with van der Waals surface area (Å²) < 4.78 is 9.73. The van der Waals surface area contributed by atoms with Crippen molar-refractivity contribution < 1.29 is 4.74 Å². The van der Waals surface area contributed by atoms with E-state index in [2.05, 4.69) is 266 Å². The van der Waals surface area contributed by atoms with E-state index in [1.54, 1.807) is 0 Å². The Balaban J connectivity index is 0.929.